The summed E-state index contributed by atoms with van der Waals surface area (Å²) in [5.41, 5.74) is 1.01. The molecule has 4 atom stereocenters. The number of allylic oxidation sites excluding steroid dienone is 2. The molecule has 148 valence electrons. The van der Waals surface area contributed by atoms with Gasteiger partial charge in [-0.2, -0.15) is 0 Å². The molecule has 0 aliphatic heterocycles. The van der Waals surface area contributed by atoms with Gasteiger partial charge >= 0.3 is 5.97 Å². The average molecular weight is 365 g/mol. The third-order valence-corrected chi connectivity index (χ3v) is 5.79. The molecule has 0 aromatic carbocycles. The molecule has 0 radical (unpaired) electrons. The number of aliphatic hydroxyl groups excluding tert-OH is 1. The van der Waals surface area contributed by atoms with Crippen LogP contribution in [0.15, 0.2) is 36.5 Å². The van der Waals surface area contributed by atoms with Crippen LogP contribution in [0.4, 0.5) is 0 Å². The minimum absolute atomic E-state index is 0.0292. The molecular weight excluding hydrogens is 328 g/mol. The molecule has 0 aromatic heterocycles. The molecule has 1 aliphatic carbocycles. The third kappa shape index (κ3) is 6.10. The number of ether oxygens (including phenoxy) is 1. The van der Waals surface area contributed by atoms with Gasteiger partial charge in [0.1, 0.15) is 6.61 Å². The van der Waals surface area contributed by atoms with Gasteiger partial charge in [-0.3, -0.25) is 4.79 Å². The van der Waals surface area contributed by atoms with Gasteiger partial charge in [0.15, 0.2) is 0 Å². The van der Waals surface area contributed by atoms with E-state index in [4.69, 9.17) is 4.74 Å². The second-order valence-electron chi connectivity index (χ2n) is 8.54. The summed E-state index contributed by atoms with van der Waals surface area (Å²) in [7, 11) is 0. The van der Waals surface area contributed by atoms with E-state index in [2.05, 4.69) is 27.0 Å². The molecule has 4 nitrogen and oxygen atoms in total. The van der Waals surface area contributed by atoms with E-state index in [-0.39, 0.29) is 23.9 Å². The Morgan fingerprint density at radius 2 is 2.04 bits per heavy atom. The van der Waals surface area contributed by atoms with Gasteiger partial charge in [-0.25, -0.2) is 0 Å². The fourth-order valence-electron chi connectivity index (χ4n) is 3.76. The molecule has 1 rings (SSSR count). The Balaban J connectivity index is 3.01. The highest BCUT2D eigenvalue weighted by molar-refractivity contribution is 5.66. The van der Waals surface area contributed by atoms with E-state index in [1.807, 2.05) is 12.2 Å². The lowest BCUT2D eigenvalue weighted by Gasteiger charge is -2.44. The molecule has 4 heteroatoms. The van der Waals surface area contributed by atoms with E-state index in [9.17, 15) is 15.0 Å². The first kappa shape index (κ1) is 22.7. The fraction of sp³-hybridized carbons (Fsp3) is 0.682. The lowest BCUT2D eigenvalue weighted by Crippen LogP contribution is -2.36. The smallest absolute Gasteiger partial charge is 0.302 e. The van der Waals surface area contributed by atoms with Gasteiger partial charge in [0.25, 0.3) is 0 Å². The number of esters is 1. The fourth-order valence-corrected chi connectivity index (χ4v) is 3.76. The number of carbonyl (C=O) groups is 1. The highest BCUT2D eigenvalue weighted by Gasteiger charge is 2.39. The highest BCUT2D eigenvalue weighted by atomic mass is 16.5. The van der Waals surface area contributed by atoms with Crippen molar-refractivity contribution >= 4 is 5.97 Å². The summed E-state index contributed by atoms with van der Waals surface area (Å²) in [6.07, 6.45) is 6.31. The maximum atomic E-state index is 11.3. The van der Waals surface area contributed by atoms with Crippen molar-refractivity contribution in [3.05, 3.63) is 36.5 Å². The molecular formula is C22H36O4. The minimum Gasteiger partial charge on any atom is -0.461 e. The Labute approximate surface area is 158 Å². The van der Waals surface area contributed by atoms with Crippen LogP contribution >= 0.6 is 0 Å². The summed E-state index contributed by atoms with van der Waals surface area (Å²) in [6, 6.07) is 0. The molecule has 1 fully saturated rings. The number of hydrogen-bond acceptors (Lipinski definition) is 4. The standard InChI is InChI=1S/C22H36O4/c1-8-22(7)12-11-17(13-19(22)15(2)3)18(14-26-16(4)23)9-10-20(24)21(5,6)25/h8-9,17,19-20,24-25H,1-2,10-14H2,3-7H3/b18-9+/t17?,19?,20-,22+/m1/s1. The first-order valence-corrected chi connectivity index (χ1v) is 9.42. The zero-order chi connectivity index (χ0) is 20.1. The van der Waals surface area contributed by atoms with E-state index < -0.39 is 11.7 Å². The van der Waals surface area contributed by atoms with E-state index in [1.54, 1.807) is 13.8 Å². The van der Waals surface area contributed by atoms with Crippen molar-refractivity contribution < 1.29 is 19.7 Å². The van der Waals surface area contributed by atoms with E-state index in [1.165, 1.54) is 6.92 Å². The molecule has 1 aliphatic rings. The Kier molecular flexibility index (Phi) is 7.85. The van der Waals surface area contributed by atoms with E-state index in [0.29, 0.717) is 12.3 Å². The summed E-state index contributed by atoms with van der Waals surface area (Å²) < 4.78 is 5.26. The maximum absolute atomic E-state index is 11.3. The van der Waals surface area contributed by atoms with Crippen LogP contribution in [0.3, 0.4) is 0 Å². The Bertz CT molecular complexity index is 555. The molecule has 0 aromatic rings. The Hall–Kier alpha value is -1.39. The van der Waals surface area contributed by atoms with Gasteiger partial charge in [-0.1, -0.05) is 31.2 Å². The monoisotopic (exact) mass is 364 g/mol. The molecule has 0 amide bonds. The van der Waals surface area contributed by atoms with E-state index >= 15 is 0 Å². The lowest BCUT2D eigenvalue weighted by molar-refractivity contribution is -0.140. The van der Waals surface area contributed by atoms with Crippen LogP contribution in [0.2, 0.25) is 0 Å². The van der Waals surface area contributed by atoms with Crippen LogP contribution in [0.5, 0.6) is 0 Å². The first-order chi connectivity index (χ1) is 11.9. The normalized spacial score (nSPS) is 28.3. The second kappa shape index (κ2) is 9.01. The van der Waals surface area contributed by atoms with Crippen molar-refractivity contribution in [2.45, 2.75) is 72.0 Å². The van der Waals surface area contributed by atoms with Gasteiger partial charge in [0, 0.05) is 6.92 Å². The zero-order valence-corrected chi connectivity index (χ0v) is 17.0. The van der Waals surface area contributed by atoms with Crippen molar-refractivity contribution in [2.24, 2.45) is 17.3 Å². The van der Waals surface area contributed by atoms with Crippen molar-refractivity contribution in [2.75, 3.05) is 6.61 Å². The topological polar surface area (TPSA) is 66.8 Å². The Morgan fingerprint density at radius 1 is 1.42 bits per heavy atom. The largest absolute Gasteiger partial charge is 0.461 e. The van der Waals surface area contributed by atoms with Gasteiger partial charge in [0.05, 0.1) is 11.7 Å². The molecule has 1 saturated carbocycles. The molecule has 0 saturated heterocycles. The van der Waals surface area contributed by atoms with Gasteiger partial charge in [0.2, 0.25) is 0 Å². The van der Waals surface area contributed by atoms with Crippen molar-refractivity contribution in [3.63, 3.8) is 0 Å². The van der Waals surface area contributed by atoms with Crippen LogP contribution in [0.1, 0.15) is 60.3 Å². The molecule has 0 bridgehead atoms. The summed E-state index contributed by atoms with van der Waals surface area (Å²) in [5, 5.41) is 20.1. The maximum Gasteiger partial charge on any atom is 0.302 e. The molecule has 0 heterocycles. The predicted molar refractivity (Wildman–Crippen MR) is 106 cm³/mol. The molecule has 2 N–H and O–H groups in total. The summed E-state index contributed by atoms with van der Waals surface area (Å²) in [4.78, 5) is 11.3. The number of hydrogen-bond donors (Lipinski definition) is 2. The van der Waals surface area contributed by atoms with Gasteiger partial charge in [-0.15, -0.1) is 6.58 Å². The van der Waals surface area contributed by atoms with E-state index in [0.717, 1.165) is 30.4 Å². The quantitative estimate of drug-likeness (QED) is 0.501. The van der Waals surface area contributed by atoms with Crippen LogP contribution in [-0.4, -0.2) is 34.5 Å². The lowest BCUT2D eigenvalue weighted by atomic mass is 9.61. The predicted octanol–water partition coefficient (Wildman–Crippen LogP) is 4.18. The minimum atomic E-state index is -1.17. The first-order valence-electron chi connectivity index (χ1n) is 9.42. The zero-order valence-electron chi connectivity index (χ0n) is 17.0. The van der Waals surface area contributed by atoms with Gasteiger partial charge in [-0.05, 0) is 69.3 Å². The number of rotatable bonds is 8. The SMILES string of the molecule is C=C[C@@]1(C)CCC(/C(=C/C[C@@H](O)C(C)(C)O)COC(C)=O)CC1C(=C)C. The average Bonchev–Trinajstić information content (AvgIpc) is 2.54. The summed E-state index contributed by atoms with van der Waals surface area (Å²) >= 11 is 0. The second-order valence-corrected chi connectivity index (χ2v) is 8.54. The molecule has 26 heavy (non-hydrogen) atoms. The van der Waals surface area contributed by atoms with Crippen molar-refractivity contribution in [1.82, 2.24) is 0 Å². The van der Waals surface area contributed by atoms with Gasteiger partial charge < -0.3 is 14.9 Å². The van der Waals surface area contributed by atoms with Crippen molar-refractivity contribution in [3.8, 4) is 0 Å². The van der Waals surface area contributed by atoms with Crippen LogP contribution in [0.25, 0.3) is 0 Å². The third-order valence-electron chi connectivity index (χ3n) is 5.79. The summed E-state index contributed by atoms with van der Waals surface area (Å²) in [5.74, 6) is 0.263. The van der Waals surface area contributed by atoms with Crippen molar-refractivity contribution in [1.29, 1.82) is 0 Å². The van der Waals surface area contributed by atoms with Crippen LogP contribution in [-0.2, 0) is 9.53 Å². The summed E-state index contributed by atoms with van der Waals surface area (Å²) in [6.45, 7) is 17.3. The highest BCUT2D eigenvalue weighted by Crippen LogP contribution is 2.49. The number of aliphatic hydroxyl groups is 2. The van der Waals surface area contributed by atoms with Crippen LogP contribution in [0, 0.1) is 17.3 Å². The molecule has 0 spiro atoms. The molecule has 2 unspecified atom stereocenters. The number of carbonyl (C=O) groups excluding carboxylic acids is 1. The van der Waals surface area contributed by atoms with Crippen LogP contribution < -0.4 is 0 Å². The Morgan fingerprint density at radius 3 is 2.50 bits per heavy atom.